The predicted molar refractivity (Wildman–Crippen MR) is 53.7 cm³/mol. The Hall–Kier alpha value is -2.23. The van der Waals surface area contributed by atoms with E-state index < -0.39 is 35.3 Å². The van der Waals surface area contributed by atoms with Gasteiger partial charge in [-0.1, -0.05) is 0 Å². The highest BCUT2D eigenvalue weighted by Gasteiger charge is 2.20. The summed E-state index contributed by atoms with van der Waals surface area (Å²) in [5.41, 5.74) is -0.880. The second-order valence-corrected chi connectivity index (χ2v) is 3.04. The van der Waals surface area contributed by atoms with Gasteiger partial charge in [-0.15, -0.1) is 0 Å². The summed E-state index contributed by atoms with van der Waals surface area (Å²) < 4.78 is 46.0. The highest BCUT2D eigenvalue weighted by molar-refractivity contribution is 5.93. The van der Waals surface area contributed by atoms with Gasteiger partial charge in [0.25, 0.3) is 0 Å². The summed E-state index contributed by atoms with van der Waals surface area (Å²) in [5.74, 6) is -2.69. The van der Waals surface area contributed by atoms with Gasteiger partial charge in [0.1, 0.15) is 23.2 Å². The fraction of sp³-hybridized carbons (Fsp3) is 0.273. The molecule has 96 valence electrons. The predicted octanol–water partition coefficient (Wildman–Crippen LogP) is 2.48. The summed E-state index contributed by atoms with van der Waals surface area (Å²) in [6.45, 7) is -1.70. The quantitative estimate of drug-likeness (QED) is 0.779. The molecule has 0 amide bonds. The van der Waals surface area contributed by atoms with Gasteiger partial charge in [-0.2, -0.15) is 14.0 Å². The lowest BCUT2D eigenvalue weighted by Crippen LogP contribution is -2.11. The molecule has 0 bridgehead atoms. The summed E-state index contributed by atoms with van der Waals surface area (Å²) in [7, 11) is 0. The summed E-state index contributed by atoms with van der Waals surface area (Å²) in [4.78, 5) is 11.4. The van der Waals surface area contributed by atoms with Crippen LogP contribution in [0, 0.1) is 17.1 Å². The van der Waals surface area contributed by atoms with E-state index in [9.17, 15) is 18.0 Å². The topological polar surface area (TPSA) is 59.3 Å². The molecule has 0 atom stereocenters. The van der Waals surface area contributed by atoms with Gasteiger partial charge >= 0.3 is 12.6 Å². The monoisotopic (exact) mass is 259 g/mol. The maximum Gasteiger partial charge on any atom is 0.387 e. The van der Waals surface area contributed by atoms with Crippen molar-refractivity contribution >= 4 is 5.97 Å². The average molecular weight is 259 g/mol. The zero-order chi connectivity index (χ0) is 13.7. The zero-order valence-electron chi connectivity index (χ0n) is 9.25. The van der Waals surface area contributed by atoms with Crippen LogP contribution in [0.3, 0.4) is 0 Å². The Labute approximate surface area is 101 Å². The molecular formula is C11H8F3NO3. The Bertz CT molecular complexity index is 497. The van der Waals surface area contributed by atoms with Gasteiger partial charge in [-0.05, 0) is 13.0 Å². The maximum absolute atomic E-state index is 13.2. The zero-order valence-corrected chi connectivity index (χ0v) is 9.25. The van der Waals surface area contributed by atoms with Crippen molar-refractivity contribution in [2.75, 3.05) is 6.61 Å². The molecule has 0 aliphatic rings. The van der Waals surface area contributed by atoms with Crippen molar-refractivity contribution in [1.82, 2.24) is 0 Å². The van der Waals surface area contributed by atoms with Crippen molar-refractivity contribution in [2.24, 2.45) is 0 Å². The Kier molecular flexibility index (Phi) is 4.54. The molecule has 18 heavy (non-hydrogen) atoms. The third kappa shape index (κ3) is 3.13. The van der Waals surface area contributed by atoms with E-state index in [4.69, 9.17) is 5.26 Å². The van der Waals surface area contributed by atoms with Crippen LogP contribution in [0.15, 0.2) is 12.1 Å². The molecular weight excluding hydrogens is 251 g/mol. The van der Waals surface area contributed by atoms with Gasteiger partial charge in [0.2, 0.25) is 0 Å². The largest absolute Gasteiger partial charge is 0.462 e. The normalized spacial score (nSPS) is 10.0. The summed E-state index contributed by atoms with van der Waals surface area (Å²) in [6, 6.07) is 2.85. The molecule has 1 aromatic rings. The molecule has 1 aromatic carbocycles. The lowest BCUT2D eigenvalue weighted by Gasteiger charge is -2.10. The van der Waals surface area contributed by atoms with Gasteiger partial charge in [0, 0.05) is 6.07 Å². The number of nitrogens with zero attached hydrogens (tertiary/aromatic N) is 1. The molecule has 0 saturated heterocycles. The van der Waals surface area contributed by atoms with Gasteiger partial charge in [-0.3, -0.25) is 0 Å². The minimum atomic E-state index is -3.22. The smallest absolute Gasteiger partial charge is 0.387 e. The number of hydrogen-bond acceptors (Lipinski definition) is 4. The maximum atomic E-state index is 13.2. The molecule has 1 rings (SSSR count). The number of hydrogen-bond donors (Lipinski definition) is 0. The first-order valence-corrected chi connectivity index (χ1v) is 4.85. The lowest BCUT2D eigenvalue weighted by atomic mass is 10.1. The molecule has 0 spiro atoms. The van der Waals surface area contributed by atoms with E-state index in [0.717, 1.165) is 6.07 Å². The van der Waals surface area contributed by atoms with E-state index in [0.29, 0.717) is 6.07 Å². The molecule has 0 saturated carbocycles. The van der Waals surface area contributed by atoms with Crippen LogP contribution in [-0.4, -0.2) is 19.2 Å². The van der Waals surface area contributed by atoms with E-state index in [2.05, 4.69) is 9.47 Å². The van der Waals surface area contributed by atoms with Crippen molar-refractivity contribution in [3.8, 4) is 11.8 Å². The second kappa shape index (κ2) is 5.91. The molecule has 0 fully saturated rings. The Morgan fingerprint density at radius 1 is 1.50 bits per heavy atom. The molecule has 0 unspecified atom stereocenters. The summed E-state index contributed by atoms with van der Waals surface area (Å²) in [6.07, 6.45) is 0. The number of rotatable bonds is 4. The number of ether oxygens (including phenoxy) is 2. The highest BCUT2D eigenvalue weighted by atomic mass is 19.3. The highest BCUT2D eigenvalue weighted by Crippen LogP contribution is 2.25. The fourth-order valence-electron chi connectivity index (χ4n) is 1.20. The standard InChI is InChI=1S/C11H8F3NO3/c1-2-17-10(16)7-3-6(5-15)8(12)4-9(7)18-11(13)14/h3-4,11H,2H2,1H3. The van der Waals surface area contributed by atoms with Crippen LogP contribution in [0.25, 0.3) is 0 Å². The third-order valence-corrected chi connectivity index (χ3v) is 1.90. The van der Waals surface area contributed by atoms with Crippen LogP contribution in [0.2, 0.25) is 0 Å². The molecule has 0 aliphatic heterocycles. The van der Waals surface area contributed by atoms with Crippen molar-refractivity contribution in [2.45, 2.75) is 13.5 Å². The first-order valence-electron chi connectivity index (χ1n) is 4.85. The van der Waals surface area contributed by atoms with Crippen LogP contribution in [0.5, 0.6) is 5.75 Å². The molecule has 0 aliphatic carbocycles. The molecule has 7 heteroatoms. The number of nitriles is 1. The minimum absolute atomic E-state index is 0.00617. The van der Waals surface area contributed by atoms with Crippen LogP contribution in [0.1, 0.15) is 22.8 Å². The average Bonchev–Trinajstić information content (AvgIpc) is 2.28. The van der Waals surface area contributed by atoms with Crippen LogP contribution < -0.4 is 4.74 Å². The first-order chi connectivity index (χ1) is 8.49. The first kappa shape index (κ1) is 13.8. The number of benzene rings is 1. The van der Waals surface area contributed by atoms with E-state index >= 15 is 0 Å². The Morgan fingerprint density at radius 3 is 2.67 bits per heavy atom. The summed E-state index contributed by atoms with van der Waals surface area (Å²) >= 11 is 0. The Morgan fingerprint density at radius 2 is 2.17 bits per heavy atom. The van der Waals surface area contributed by atoms with Gasteiger partial charge in [0.05, 0.1) is 12.2 Å². The molecule has 0 heterocycles. The SMILES string of the molecule is CCOC(=O)c1cc(C#N)c(F)cc1OC(F)F. The summed E-state index contributed by atoms with van der Waals surface area (Å²) in [5, 5.41) is 8.60. The molecule has 4 nitrogen and oxygen atoms in total. The van der Waals surface area contributed by atoms with E-state index in [1.807, 2.05) is 0 Å². The van der Waals surface area contributed by atoms with E-state index in [1.165, 1.54) is 13.0 Å². The van der Waals surface area contributed by atoms with Crippen LogP contribution in [0.4, 0.5) is 13.2 Å². The van der Waals surface area contributed by atoms with Crippen LogP contribution >= 0.6 is 0 Å². The van der Waals surface area contributed by atoms with Crippen molar-refractivity contribution in [3.63, 3.8) is 0 Å². The second-order valence-electron chi connectivity index (χ2n) is 3.04. The lowest BCUT2D eigenvalue weighted by molar-refractivity contribution is -0.0506. The number of esters is 1. The number of carbonyl (C=O) groups is 1. The molecule has 0 radical (unpaired) electrons. The van der Waals surface area contributed by atoms with Crippen LogP contribution in [-0.2, 0) is 4.74 Å². The number of halogens is 3. The van der Waals surface area contributed by atoms with Gasteiger partial charge in [-0.25, -0.2) is 9.18 Å². The molecule has 0 N–H and O–H groups in total. The molecule has 0 aromatic heterocycles. The fourth-order valence-corrected chi connectivity index (χ4v) is 1.20. The van der Waals surface area contributed by atoms with E-state index in [-0.39, 0.29) is 6.61 Å². The van der Waals surface area contributed by atoms with Crippen molar-refractivity contribution in [1.29, 1.82) is 5.26 Å². The minimum Gasteiger partial charge on any atom is -0.462 e. The number of carbonyl (C=O) groups excluding carboxylic acids is 1. The van der Waals surface area contributed by atoms with Gasteiger partial charge < -0.3 is 9.47 Å². The van der Waals surface area contributed by atoms with Crippen molar-refractivity contribution < 1.29 is 27.4 Å². The third-order valence-electron chi connectivity index (χ3n) is 1.90. The van der Waals surface area contributed by atoms with Gasteiger partial charge in [0.15, 0.2) is 0 Å². The van der Waals surface area contributed by atoms with Crippen molar-refractivity contribution in [3.05, 3.63) is 29.1 Å². The Balaban J connectivity index is 3.26. The van der Waals surface area contributed by atoms with E-state index in [1.54, 1.807) is 0 Å². The number of alkyl halides is 2.